The third kappa shape index (κ3) is 4.91. The number of pyridine rings is 1. The first-order chi connectivity index (χ1) is 16.5. The number of rotatable bonds is 6. The van der Waals surface area contributed by atoms with Gasteiger partial charge in [-0.3, -0.25) is 14.5 Å². The van der Waals surface area contributed by atoms with Gasteiger partial charge in [0.1, 0.15) is 17.4 Å². The maximum Gasteiger partial charge on any atom is 0.433 e. The summed E-state index contributed by atoms with van der Waals surface area (Å²) >= 11 is 0. The molecule has 0 radical (unpaired) electrons. The van der Waals surface area contributed by atoms with Gasteiger partial charge in [-0.15, -0.1) is 0 Å². The number of halogens is 3. The molecule has 1 amide bonds. The quantitative estimate of drug-likeness (QED) is 0.540. The summed E-state index contributed by atoms with van der Waals surface area (Å²) < 4.78 is 40.0. The van der Waals surface area contributed by atoms with Crippen LogP contribution in [0.2, 0.25) is 0 Å². The molecule has 2 N–H and O–H groups in total. The van der Waals surface area contributed by atoms with Gasteiger partial charge in [0.15, 0.2) is 5.82 Å². The van der Waals surface area contributed by atoms with E-state index in [-0.39, 0.29) is 23.9 Å². The number of amides is 1. The summed E-state index contributed by atoms with van der Waals surface area (Å²) in [4.78, 5) is 27.0. The Labute approximate surface area is 200 Å². The molecule has 0 bridgehead atoms. The van der Waals surface area contributed by atoms with Crippen LogP contribution in [0.15, 0.2) is 30.7 Å². The summed E-state index contributed by atoms with van der Waals surface area (Å²) in [6.07, 6.45) is 0.227. The first kappa shape index (κ1) is 24.4. The van der Waals surface area contributed by atoms with Crippen molar-refractivity contribution in [1.82, 2.24) is 24.7 Å². The van der Waals surface area contributed by atoms with Crippen molar-refractivity contribution in [2.24, 2.45) is 5.92 Å². The fourth-order valence-corrected chi connectivity index (χ4v) is 4.13. The molecular weight excluding hydrogens is 461 g/mol. The van der Waals surface area contributed by atoms with Gasteiger partial charge in [-0.2, -0.15) is 23.3 Å². The van der Waals surface area contributed by atoms with Gasteiger partial charge in [-0.25, -0.2) is 4.98 Å². The average molecular weight is 489 g/mol. The van der Waals surface area contributed by atoms with E-state index in [9.17, 15) is 18.0 Å². The average Bonchev–Trinajstić information content (AvgIpc) is 3.26. The zero-order valence-corrected chi connectivity index (χ0v) is 20.1. The number of hydrogen-bond donors (Lipinski definition) is 2. The predicted molar refractivity (Wildman–Crippen MR) is 125 cm³/mol. The van der Waals surface area contributed by atoms with Crippen molar-refractivity contribution in [3.63, 3.8) is 0 Å². The van der Waals surface area contributed by atoms with Crippen LogP contribution in [0.4, 0.5) is 30.6 Å². The number of fused-ring (bicyclic) bond motifs is 1. The van der Waals surface area contributed by atoms with Gasteiger partial charge in [0, 0.05) is 31.5 Å². The van der Waals surface area contributed by atoms with E-state index in [4.69, 9.17) is 0 Å². The Hall–Kier alpha value is -3.70. The Morgan fingerprint density at radius 1 is 1.17 bits per heavy atom. The van der Waals surface area contributed by atoms with Crippen LogP contribution in [-0.2, 0) is 17.5 Å². The van der Waals surface area contributed by atoms with Crippen LogP contribution >= 0.6 is 0 Å². The summed E-state index contributed by atoms with van der Waals surface area (Å²) in [7, 11) is 1.85. The van der Waals surface area contributed by atoms with Gasteiger partial charge in [0.25, 0.3) is 0 Å². The number of aryl methyl sites for hydroxylation is 1. The Bertz CT molecular complexity index is 1220. The number of carbonyl (C=O) groups is 1. The third-order valence-electron chi connectivity index (χ3n) is 6.03. The SMILES string of the molecule is Cc1nc(NCc2cnn([C@H](C)c3ccc(C(F)(F)F)nc3)c2)nc2c1NC(=O)C(C(C)C)N2C. The Morgan fingerprint density at radius 2 is 1.91 bits per heavy atom. The molecule has 4 heterocycles. The first-order valence-corrected chi connectivity index (χ1v) is 11.2. The predicted octanol–water partition coefficient (Wildman–Crippen LogP) is 4.03. The molecule has 1 aliphatic rings. The molecule has 2 atom stereocenters. The maximum atomic E-state index is 12.8. The van der Waals surface area contributed by atoms with E-state index < -0.39 is 11.9 Å². The summed E-state index contributed by atoms with van der Waals surface area (Å²) in [5, 5.41) is 10.5. The third-order valence-corrected chi connectivity index (χ3v) is 6.03. The van der Waals surface area contributed by atoms with E-state index in [0.29, 0.717) is 35.3 Å². The summed E-state index contributed by atoms with van der Waals surface area (Å²) in [5.41, 5.74) is 1.78. The highest BCUT2D eigenvalue weighted by atomic mass is 19.4. The van der Waals surface area contributed by atoms with Gasteiger partial charge >= 0.3 is 6.18 Å². The molecule has 0 aromatic carbocycles. The fourth-order valence-electron chi connectivity index (χ4n) is 4.13. The van der Waals surface area contributed by atoms with Crippen molar-refractivity contribution in [3.05, 3.63) is 53.2 Å². The van der Waals surface area contributed by atoms with Crippen LogP contribution in [0.1, 0.15) is 49.3 Å². The van der Waals surface area contributed by atoms with Crippen LogP contribution in [0.3, 0.4) is 0 Å². The van der Waals surface area contributed by atoms with Crippen LogP contribution in [0.5, 0.6) is 0 Å². The maximum absolute atomic E-state index is 12.8. The normalized spacial score (nSPS) is 16.8. The molecule has 1 unspecified atom stereocenters. The molecule has 0 aliphatic carbocycles. The molecule has 0 fully saturated rings. The molecule has 0 saturated carbocycles. The minimum atomic E-state index is -4.47. The number of nitrogens with one attached hydrogen (secondary N) is 2. The molecule has 1 aliphatic heterocycles. The number of alkyl halides is 3. The smallest absolute Gasteiger partial charge is 0.350 e. The highest BCUT2D eigenvalue weighted by Crippen LogP contribution is 2.34. The minimum absolute atomic E-state index is 0.0767. The van der Waals surface area contributed by atoms with E-state index in [1.54, 1.807) is 10.9 Å². The van der Waals surface area contributed by atoms with Crippen LogP contribution < -0.4 is 15.5 Å². The highest BCUT2D eigenvalue weighted by molar-refractivity contribution is 6.03. The second-order valence-corrected chi connectivity index (χ2v) is 8.95. The van der Waals surface area contributed by atoms with E-state index in [0.717, 1.165) is 11.6 Å². The molecule has 0 spiro atoms. The zero-order chi connectivity index (χ0) is 25.5. The highest BCUT2D eigenvalue weighted by Gasteiger charge is 2.35. The van der Waals surface area contributed by atoms with Crippen LogP contribution in [0, 0.1) is 12.8 Å². The lowest BCUT2D eigenvalue weighted by atomic mass is 9.99. The van der Waals surface area contributed by atoms with Crippen molar-refractivity contribution in [2.45, 2.75) is 52.5 Å². The number of carbonyl (C=O) groups excluding carboxylic acids is 1. The minimum Gasteiger partial charge on any atom is -0.350 e. The number of nitrogens with zero attached hydrogens (tertiary/aromatic N) is 6. The molecule has 9 nitrogen and oxygen atoms in total. The fraction of sp³-hybridized carbons (Fsp3) is 0.435. The van der Waals surface area contributed by atoms with E-state index in [1.165, 1.54) is 12.3 Å². The van der Waals surface area contributed by atoms with E-state index >= 15 is 0 Å². The Balaban J connectivity index is 1.46. The molecule has 35 heavy (non-hydrogen) atoms. The Morgan fingerprint density at radius 3 is 2.54 bits per heavy atom. The molecular formula is C23H27F3N8O. The molecule has 3 aromatic rings. The van der Waals surface area contributed by atoms with Gasteiger partial charge in [0.2, 0.25) is 11.9 Å². The largest absolute Gasteiger partial charge is 0.433 e. The molecule has 3 aromatic heterocycles. The molecule has 0 saturated heterocycles. The van der Waals surface area contributed by atoms with Crippen LogP contribution in [0.25, 0.3) is 0 Å². The first-order valence-electron chi connectivity index (χ1n) is 11.2. The summed E-state index contributed by atoms with van der Waals surface area (Å²) in [5.74, 6) is 1.09. The Kier molecular flexibility index (Phi) is 6.39. The topological polar surface area (TPSA) is 101 Å². The number of hydrogen-bond acceptors (Lipinski definition) is 7. The number of likely N-dealkylation sites (N-methyl/N-ethyl adjacent to an activating group) is 1. The lowest BCUT2D eigenvalue weighted by Gasteiger charge is -2.36. The van der Waals surface area contributed by atoms with Crippen LogP contribution in [-0.4, -0.2) is 43.7 Å². The second kappa shape index (κ2) is 9.16. The van der Waals surface area contributed by atoms with Gasteiger partial charge in [0.05, 0.1) is 17.9 Å². The number of anilines is 3. The van der Waals surface area contributed by atoms with Crippen molar-refractivity contribution >= 4 is 23.4 Å². The van der Waals surface area contributed by atoms with Gasteiger partial charge in [-0.1, -0.05) is 19.9 Å². The van der Waals surface area contributed by atoms with Gasteiger partial charge < -0.3 is 15.5 Å². The van der Waals surface area contributed by atoms with Crippen molar-refractivity contribution in [2.75, 3.05) is 22.6 Å². The van der Waals surface area contributed by atoms with Crippen molar-refractivity contribution < 1.29 is 18.0 Å². The van der Waals surface area contributed by atoms with Crippen molar-refractivity contribution in [3.8, 4) is 0 Å². The van der Waals surface area contributed by atoms with Gasteiger partial charge in [-0.05, 0) is 31.4 Å². The van der Waals surface area contributed by atoms with E-state index in [1.807, 2.05) is 45.8 Å². The standard InChI is InChI=1S/C23H27F3N8O/c1-12(2)19-21(35)31-18-13(3)30-22(32-20(18)33(19)5)28-8-15-9-29-34(11-15)14(4)16-6-7-17(27-10-16)23(24,25)26/h6-7,9-12,14,19H,8H2,1-5H3,(H,31,35)(H,28,30,32)/t14-,19?/m1/s1. The molecule has 4 rings (SSSR count). The monoisotopic (exact) mass is 488 g/mol. The summed E-state index contributed by atoms with van der Waals surface area (Å²) in [6, 6.07) is 1.75. The lowest BCUT2D eigenvalue weighted by Crippen LogP contribution is -2.49. The number of aromatic nitrogens is 5. The van der Waals surface area contributed by atoms with Crippen molar-refractivity contribution in [1.29, 1.82) is 0 Å². The second-order valence-electron chi connectivity index (χ2n) is 8.95. The zero-order valence-electron chi connectivity index (χ0n) is 20.1. The molecule has 12 heteroatoms. The summed E-state index contributed by atoms with van der Waals surface area (Å²) in [6.45, 7) is 8.00. The lowest BCUT2D eigenvalue weighted by molar-refractivity contribution is -0.141. The molecule has 186 valence electrons. The van der Waals surface area contributed by atoms with E-state index in [2.05, 4.69) is 30.7 Å².